The SMILES string of the molecule is COCc1ncc2cc(-c3c(Cl)cccc3Cl)c(N)nc2n1. The number of benzene rings is 1. The van der Waals surface area contributed by atoms with Gasteiger partial charge < -0.3 is 10.5 Å². The summed E-state index contributed by atoms with van der Waals surface area (Å²) in [5.41, 5.74) is 7.88. The lowest BCUT2D eigenvalue weighted by Crippen LogP contribution is -2.01. The number of hydrogen-bond acceptors (Lipinski definition) is 5. The Morgan fingerprint density at radius 3 is 2.59 bits per heavy atom. The summed E-state index contributed by atoms with van der Waals surface area (Å²) < 4.78 is 5.01. The largest absolute Gasteiger partial charge is 0.383 e. The molecule has 0 amide bonds. The van der Waals surface area contributed by atoms with E-state index in [-0.39, 0.29) is 0 Å². The number of ether oxygens (including phenoxy) is 1. The van der Waals surface area contributed by atoms with Crippen LogP contribution in [-0.2, 0) is 11.3 Å². The lowest BCUT2D eigenvalue weighted by Gasteiger charge is -2.10. The number of rotatable bonds is 3. The highest BCUT2D eigenvalue weighted by molar-refractivity contribution is 6.39. The van der Waals surface area contributed by atoms with Crippen molar-refractivity contribution in [2.75, 3.05) is 12.8 Å². The zero-order valence-corrected chi connectivity index (χ0v) is 13.2. The molecule has 7 heteroatoms. The first-order valence-corrected chi connectivity index (χ1v) is 7.21. The molecule has 5 nitrogen and oxygen atoms in total. The van der Waals surface area contributed by atoms with Crippen LogP contribution >= 0.6 is 23.2 Å². The van der Waals surface area contributed by atoms with E-state index in [2.05, 4.69) is 15.0 Å². The molecule has 22 heavy (non-hydrogen) atoms. The summed E-state index contributed by atoms with van der Waals surface area (Å²) in [6.07, 6.45) is 1.68. The summed E-state index contributed by atoms with van der Waals surface area (Å²) in [4.78, 5) is 12.9. The first-order valence-electron chi connectivity index (χ1n) is 6.45. The number of nitrogens with zero attached hydrogens (tertiary/aromatic N) is 3. The van der Waals surface area contributed by atoms with Crippen molar-refractivity contribution < 1.29 is 4.74 Å². The van der Waals surface area contributed by atoms with Crippen molar-refractivity contribution >= 4 is 40.1 Å². The third-order valence-electron chi connectivity index (χ3n) is 3.15. The van der Waals surface area contributed by atoms with E-state index in [1.165, 1.54) is 0 Å². The van der Waals surface area contributed by atoms with Crippen LogP contribution in [0.2, 0.25) is 10.0 Å². The number of fused-ring (bicyclic) bond motifs is 1. The van der Waals surface area contributed by atoms with E-state index >= 15 is 0 Å². The predicted molar refractivity (Wildman–Crippen MR) is 87.9 cm³/mol. The van der Waals surface area contributed by atoms with Gasteiger partial charge in [0, 0.05) is 29.8 Å². The van der Waals surface area contributed by atoms with Crippen LogP contribution in [0.5, 0.6) is 0 Å². The van der Waals surface area contributed by atoms with Crippen LogP contribution < -0.4 is 5.73 Å². The van der Waals surface area contributed by atoms with Crippen molar-refractivity contribution in [3.63, 3.8) is 0 Å². The van der Waals surface area contributed by atoms with Crippen molar-refractivity contribution in [1.82, 2.24) is 15.0 Å². The third kappa shape index (κ3) is 2.70. The highest BCUT2D eigenvalue weighted by atomic mass is 35.5. The Hall–Kier alpha value is -1.95. The number of halogens is 2. The summed E-state index contributed by atoms with van der Waals surface area (Å²) in [6.45, 7) is 0.315. The van der Waals surface area contributed by atoms with Crippen molar-refractivity contribution in [3.8, 4) is 11.1 Å². The molecule has 2 aromatic heterocycles. The third-order valence-corrected chi connectivity index (χ3v) is 3.78. The number of pyridine rings is 1. The highest BCUT2D eigenvalue weighted by Crippen LogP contribution is 2.38. The Labute approximate surface area is 137 Å². The topological polar surface area (TPSA) is 73.9 Å². The van der Waals surface area contributed by atoms with Crippen molar-refractivity contribution in [2.24, 2.45) is 0 Å². The molecule has 0 saturated heterocycles. The summed E-state index contributed by atoms with van der Waals surface area (Å²) in [5, 5.41) is 1.77. The molecule has 0 aliphatic rings. The maximum Gasteiger partial charge on any atom is 0.165 e. The van der Waals surface area contributed by atoms with Gasteiger partial charge in [-0.2, -0.15) is 0 Å². The molecule has 0 atom stereocenters. The van der Waals surface area contributed by atoms with Crippen LogP contribution in [0.4, 0.5) is 5.82 Å². The quantitative estimate of drug-likeness (QED) is 0.789. The molecule has 0 radical (unpaired) electrons. The van der Waals surface area contributed by atoms with E-state index in [9.17, 15) is 0 Å². The molecule has 0 fully saturated rings. The van der Waals surface area contributed by atoms with Gasteiger partial charge in [0.1, 0.15) is 12.4 Å². The minimum Gasteiger partial charge on any atom is -0.383 e. The average molecular weight is 335 g/mol. The first-order chi connectivity index (χ1) is 10.6. The maximum absolute atomic E-state index is 6.24. The monoisotopic (exact) mass is 334 g/mol. The van der Waals surface area contributed by atoms with Gasteiger partial charge in [-0.15, -0.1) is 0 Å². The number of nitrogens with two attached hydrogens (primary N) is 1. The molecular weight excluding hydrogens is 323 g/mol. The Balaban J connectivity index is 2.20. The highest BCUT2D eigenvalue weighted by Gasteiger charge is 2.14. The molecule has 0 spiro atoms. The van der Waals surface area contributed by atoms with E-state index in [4.69, 9.17) is 33.7 Å². The normalized spacial score (nSPS) is 11.0. The van der Waals surface area contributed by atoms with Gasteiger partial charge in [-0.3, -0.25) is 0 Å². The molecule has 0 aliphatic heterocycles. The second-order valence-electron chi connectivity index (χ2n) is 4.65. The molecular formula is C15H12Cl2N4O. The van der Waals surface area contributed by atoms with E-state index in [1.807, 2.05) is 6.07 Å². The summed E-state index contributed by atoms with van der Waals surface area (Å²) in [7, 11) is 1.58. The Morgan fingerprint density at radius 2 is 1.91 bits per heavy atom. The second kappa shape index (κ2) is 6.04. The Morgan fingerprint density at radius 1 is 1.18 bits per heavy atom. The van der Waals surface area contributed by atoms with E-state index < -0.39 is 0 Å². The number of hydrogen-bond donors (Lipinski definition) is 1. The van der Waals surface area contributed by atoms with Crippen LogP contribution in [0.15, 0.2) is 30.5 Å². The molecule has 2 N–H and O–H groups in total. The van der Waals surface area contributed by atoms with E-state index in [0.717, 1.165) is 5.39 Å². The van der Waals surface area contributed by atoms with Gasteiger partial charge in [0.25, 0.3) is 0 Å². The molecule has 0 aliphatic carbocycles. The lowest BCUT2D eigenvalue weighted by molar-refractivity contribution is 0.178. The minimum absolute atomic E-state index is 0.310. The fraction of sp³-hybridized carbons (Fsp3) is 0.133. The summed E-state index contributed by atoms with van der Waals surface area (Å²) >= 11 is 12.5. The average Bonchev–Trinajstić information content (AvgIpc) is 2.48. The molecule has 3 aromatic rings. The van der Waals surface area contributed by atoms with Gasteiger partial charge in [0.05, 0.1) is 10.0 Å². The molecule has 2 heterocycles. The van der Waals surface area contributed by atoms with Crippen LogP contribution in [0.25, 0.3) is 22.2 Å². The number of aromatic nitrogens is 3. The maximum atomic E-state index is 6.24. The number of nitrogen functional groups attached to an aromatic ring is 1. The van der Waals surface area contributed by atoms with Crippen molar-refractivity contribution in [1.29, 1.82) is 0 Å². The molecule has 1 aromatic carbocycles. The van der Waals surface area contributed by atoms with Crippen LogP contribution in [-0.4, -0.2) is 22.1 Å². The fourth-order valence-electron chi connectivity index (χ4n) is 2.17. The first kappa shape index (κ1) is 15.0. The van der Waals surface area contributed by atoms with Crippen molar-refractivity contribution in [2.45, 2.75) is 6.61 Å². The number of methoxy groups -OCH3 is 1. The Kier molecular flexibility index (Phi) is 4.11. The van der Waals surface area contributed by atoms with Crippen LogP contribution in [0.1, 0.15) is 5.82 Å². The standard InChI is InChI=1S/C15H12Cl2N4O/c1-22-7-12-19-6-8-5-9(14(18)21-15(8)20-12)13-10(16)3-2-4-11(13)17/h2-6H,7H2,1H3,(H2,18,19,20,21). The predicted octanol–water partition coefficient (Wildman–Crippen LogP) is 3.73. The van der Waals surface area contributed by atoms with Gasteiger partial charge in [-0.05, 0) is 18.2 Å². The van der Waals surface area contributed by atoms with Gasteiger partial charge in [-0.25, -0.2) is 15.0 Å². The second-order valence-corrected chi connectivity index (χ2v) is 5.46. The van der Waals surface area contributed by atoms with Gasteiger partial charge >= 0.3 is 0 Å². The van der Waals surface area contributed by atoms with E-state index in [1.54, 1.807) is 31.5 Å². The smallest absolute Gasteiger partial charge is 0.165 e. The van der Waals surface area contributed by atoms with Gasteiger partial charge in [-0.1, -0.05) is 29.3 Å². The summed E-state index contributed by atoms with van der Waals surface area (Å²) in [6, 6.07) is 7.12. The minimum atomic E-state index is 0.310. The van der Waals surface area contributed by atoms with Crippen LogP contribution in [0.3, 0.4) is 0 Å². The zero-order valence-electron chi connectivity index (χ0n) is 11.7. The fourth-order valence-corrected chi connectivity index (χ4v) is 2.77. The molecule has 0 unspecified atom stereocenters. The summed E-state index contributed by atoms with van der Waals surface area (Å²) in [5.74, 6) is 0.856. The zero-order chi connectivity index (χ0) is 15.7. The van der Waals surface area contributed by atoms with Gasteiger partial charge in [0.2, 0.25) is 0 Å². The molecule has 0 saturated carbocycles. The lowest BCUT2D eigenvalue weighted by atomic mass is 10.1. The molecule has 3 rings (SSSR count). The Bertz CT molecular complexity index is 834. The number of anilines is 1. The van der Waals surface area contributed by atoms with E-state index in [0.29, 0.717) is 45.1 Å². The molecule has 112 valence electrons. The van der Waals surface area contributed by atoms with Gasteiger partial charge in [0.15, 0.2) is 11.5 Å². The van der Waals surface area contributed by atoms with Crippen molar-refractivity contribution in [3.05, 3.63) is 46.3 Å². The molecule has 0 bridgehead atoms. The van der Waals surface area contributed by atoms with Crippen LogP contribution in [0, 0.1) is 0 Å².